The van der Waals surface area contributed by atoms with Crippen LogP contribution in [0.1, 0.15) is 32.1 Å². The highest BCUT2D eigenvalue weighted by atomic mass is 16.4. The first kappa shape index (κ1) is 25.6. The van der Waals surface area contributed by atoms with Crippen LogP contribution in [0, 0.1) is 0 Å². The number of hydrogen-bond donors (Lipinski definition) is 7. The second-order valence-electron chi connectivity index (χ2n) is 6.96. The molecule has 3 atom stereocenters. The van der Waals surface area contributed by atoms with E-state index in [9.17, 15) is 29.1 Å². The number of aliphatic carboxylic acids is 2. The number of nitrogens with one attached hydrogen (secondary N) is 2. The van der Waals surface area contributed by atoms with E-state index in [4.69, 9.17) is 22.3 Å². The predicted molar refractivity (Wildman–Crippen MR) is 107 cm³/mol. The standard InChI is InChI=1S/C17H29N7O7/c18-8-12(25)22-9(3-1-5-21-17(19)20)14(28)23-10(7-13(26)27)15(29)24-6-2-4-11(24)16(30)31/h9-11H,1-8,18H2,(H,22,25)(H,23,28)(H,26,27)(H,30,31)(H4,19,20,21). The Morgan fingerprint density at radius 3 is 2.32 bits per heavy atom. The van der Waals surface area contributed by atoms with Gasteiger partial charge in [-0.2, -0.15) is 0 Å². The van der Waals surface area contributed by atoms with Crippen molar-refractivity contribution >= 4 is 35.6 Å². The number of carbonyl (C=O) groups is 5. The van der Waals surface area contributed by atoms with Gasteiger partial charge in [0, 0.05) is 13.1 Å². The Morgan fingerprint density at radius 2 is 1.77 bits per heavy atom. The molecule has 1 rings (SSSR count). The van der Waals surface area contributed by atoms with Crippen LogP contribution in [0.3, 0.4) is 0 Å². The van der Waals surface area contributed by atoms with Gasteiger partial charge in [-0.25, -0.2) is 4.79 Å². The van der Waals surface area contributed by atoms with Crippen molar-refractivity contribution in [3.63, 3.8) is 0 Å². The lowest BCUT2D eigenvalue weighted by atomic mass is 10.1. The van der Waals surface area contributed by atoms with E-state index >= 15 is 0 Å². The van der Waals surface area contributed by atoms with E-state index in [1.165, 1.54) is 0 Å². The zero-order chi connectivity index (χ0) is 23.6. The molecule has 1 saturated heterocycles. The fraction of sp³-hybridized carbons (Fsp3) is 0.647. The van der Waals surface area contributed by atoms with Crippen molar-refractivity contribution in [1.82, 2.24) is 15.5 Å². The zero-order valence-corrected chi connectivity index (χ0v) is 17.0. The minimum absolute atomic E-state index is 0.0871. The molecule has 0 spiro atoms. The summed E-state index contributed by atoms with van der Waals surface area (Å²) in [6.45, 7) is -0.0763. The average molecular weight is 443 g/mol. The summed E-state index contributed by atoms with van der Waals surface area (Å²) in [4.78, 5) is 64.6. The normalized spacial score (nSPS) is 17.3. The Hall–Kier alpha value is -3.42. The highest BCUT2D eigenvalue weighted by Crippen LogP contribution is 2.19. The van der Waals surface area contributed by atoms with Crippen LogP contribution in [0.15, 0.2) is 4.99 Å². The van der Waals surface area contributed by atoms with Gasteiger partial charge in [0.25, 0.3) is 0 Å². The fourth-order valence-electron chi connectivity index (χ4n) is 3.16. The summed E-state index contributed by atoms with van der Waals surface area (Å²) >= 11 is 0. The molecule has 3 amide bonds. The van der Waals surface area contributed by atoms with Gasteiger partial charge in [-0.1, -0.05) is 0 Å². The van der Waals surface area contributed by atoms with Crippen LogP contribution >= 0.6 is 0 Å². The molecule has 0 aliphatic carbocycles. The maximum absolute atomic E-state index is 12.8. The van der Waals surface area contributed by atoms with Crippen LogP contribution in [-0.2, 0) is 24.0 Å². The summed E-state index contributed by atoms with van der Waals surface area (Å²) in [5.41, 5.74) is 15.7. The Morgan fingerprint density at radius 1 is 1.10 bits per heavy atom. The molecule has 0 saturated carbocycles. The van der Waals surface area contributed by atoms with Gasteiger partial charge in [0.15, 0.2) is 5.96 Å². The van der Waals surface area contributed by atoms with Gasteiger partial charge < -0.3 is 42.9 Å². The van der Waals surface area contributed by atoms with Crippen molar-refractivity contribution in [2.24, 2.45) is 22.2 Å². The molecule has 31 heavy (non-hydrogen) atoms. The number of carbonyl (C=O) groups excluding carboxylic acids is 3. The molecular formula is C17H29N7O7. The summed E-state index contributed by atoms with van der Waals surface area (Å²) in [7, 11) is 0. The Balaban J connectivity index is 2.94. The number of nitrogens with two attached hydrogens (primary N) is 3. The van der Waals surface area contributed by atoms with E-state index in [0.29, 0.717) is 12.8 Å². The van der Waals surface area contributed by atoms with E-state index in [2.05, 4.69) is 15.6 Å². The minimum atomic E-state index is -1.50. The van der Waals surface area contributed by atoms with Crippen molar-refractivity contribution in [3.05, 3.63) is 0 Å². The first-order valence-electron chi connectivity index (χ1n) is 9.67. The quantitative estimate of drug-likeness (QED) is 0.0891. The topological polar surface area (TPSA) is 244 Å². The van der Waals surface area contributed by atoms with Crippen molar-refractivity contribution in [3.8, 4) is 0 Å². The Bertz CT molecular complexity index is 724. The number of hydrogen-bond acceptors (Lipinski definition) is 7. The first-order chi connectivity index (χ1) is 14.6. The lowest BCUT2D eigenvalue weighted by Crippen LogP contribution is -2.56. The SMILES string of the molecule is NCC(=O)NC(CCCN=C(N)N)C(=O)NC(CC(=O)O)C(=O)N1CCCC1C(=O)O. The Kier molecular flexibility index (Phi) is 10.2. The van der Waals surface area contributed by atoms with Crippen LogP contribution < -0.4 is 27.8 Å². The van der Waals surface area contributed by atoms with Crippen LogP contribution in [-0.4, -0.2) is 88.5 Å². The zero-order valence-electron chi connectivity index (χ0n) is 17.0. The van der Waals surface area contributed by atoms with E-state index < -0.39 is 54.2 Å². The second-order valence-corrected chi connectivity index (χ2v) is 6.96. The third kappa shape index (κ3) is 8.46. The minimum Gasteiger partial charge on any atom is -0.481 e. The monoisotopic (exact) mass is 443 g/mol. The molecule has 0 radical (unpaired) electrons. The highest BCUT2D eigenvalue weighted by Gasteiger charge is 2.39. The van der Waals surface area contributed by atoms with Crippen LogP contribution in [0.25, 0.3) is 0 Å². The van der Waals surface area contributed by atoms with Crippen molar-refractivity contribution in [2.75, 3.05) is 19.6 Å². The van der Waals surface area contributed by atoms with Crippen LogP contribution in [0.5, 0.6) is 0 Å². The molecule has 0 aromatic carbocycles. The number of aliphatic imine (C=N–C) groups is 1. The summed E-state index contributed by atoms with van der Waals surface area (Å²) in [5.74, 6) is -4.97. The van der Waals surface area contributed by atoms with E-state index in [1.54, 1.807) is 0 Å². The van der Waals surface area contributed by atoms with Crippen molar-refractivity contribution < 1.29 is 34.2 Å². The summed E-state index contributed by atoms with van der Waals surface area (Å²) < 4.78 is 0. The molecule has 0 aromatic heterocycles. The molecule has 14 heteroatoms. The molecule has 14 nitrogen and oxygen atoms in total. The van der Waals surface area contributed by atoms with Gasteiger partial charge in [0.1, 0.15) is 18.1 Å². The number of rotatable bonds is 12. The maximum atomic E-state index is 12.8. The maximum Gasteiger partial charge on any atom is 0.326 e. The number of nitrogens with zero attached hydrogens (tertiary/aromatic N) is 2. The number of likely N-dealkylation sites (tertiary alicyclic amines) is 1. The molecular weight excluding hydrogens is 414 g/mol. The van der Waals surface area contributed by atoms with Gasteiger partial charge >= 0.3 is 11.9 Å². The van der Waals surface area contributed by atoms with Gasteiger partial charge in [-0.15, -0.1) is 0 Å². The second kappa shape index (κ2) is 12.3. The van der Waals surface area contributed by atoms with Crippen molar-refractivity contribution in [2.45, 2.75) is 50.2 Å². The fourth-order valence-corrected chi connectivity index (χ4v) is 3.16. The molecule has 1 fully saturated rings. The van der Waals surface area contributed by atoms with E-state index in [1.807, 2.05) is 0 Å². The average Bonchev–Trinajstić information content (AvgIpc) is 3.18. The third-order valence-corrected chi connectivity index (χ3v) is 4.60. The van der Waals surface area contributed by atoms with Crippen molar-refractivity contribution in [1.29, 1.82) is 0 Å². The smallest absolute Gasteiger partial charge is 0.326 e. The number of carboxylic acids is 2. The number of carboxylic acid groups (broad SMARTS) is 2. The molecule has 0 bridgehead atoms. The number of guanidine groups is 1. The van der Waals surface area contributed by atoms with Gasteiger partial charge in [-0.05, 0) is 25.7 Å². The van der Waals surface area contributed by atoms with Gasteiger partial charge in [-0.3, -0.25) is 24.2 Å². The highest BCUT2D eigenvalue weighted by molar-refractivity contribution is 5.95. The van der Waals surface area contributed by atoms with Gasteiger partial charge in [0.2, 0.25) is 17.7 Å². The lowest BCUT2D eigenvalue weighted by Gasteiger charge is -2.28. The molecule has 10 N–H and O–H groups in total. The Labute approximate surface area is 178 Å². The summed E-state index contributed by atoms with van der Waals surface area (Å²) in [6.07, 6.45) is 0.305. The summed E-state index contributed by atoms with van der Waals surface area (Å²) in [5, 5.41) is 23.1. The molecule has 3 unspecified atom stereocenters. The largest absolute Gasteiger partial charge is 0.481 e. The van der Waals surface area contributed by atoms with Crippen LogP contribution in [0.4, 0.5) is 0 Å². The molecule has 1 aliphatic heterocycles. The van der Waals surface area contributed by atoms with Gasteiger partial charge in [0.05, 0.1) is 13.0 Å². The first-order valence-corrected chi connectivity index (χ1v) is 9.67. The summed E-state index contributed by atoms with van der Waals surface area (Å²) in [6, 6.07) is -3.71. The molecule has 174 valence electrons. The van der Waals surface area contributed by atoms with E-state index in [-0.39, 0.29) is 38.4 Å². The molecule has 1 aliphatic rings. The van der Waals surface area contributed by atoms with Crippen LogP contribution in [0.2, 0.25) is 0 Å². The molecule has 1 heterocycles. The molecule has 0 aromatic rings. The van der Waals surface area contributed by atoms with E-state index in [0.717, 1.165) is 4.90 Å². The lowest BCUT2D eigenvalue weighted by molar-refractivity contribution is -0.150. The predicted octanol–water partition coefficient (Wildman–Crippen LogP) is -3.48. The number of amides is 3. The third-order valence-electron chi connectivity index (χ3n) is 4.60.